The summed E-state index contributed by atoms with van der Waals surface area (Å²) in [7, 11) is 0. The second-order valence-corrected chi connectivity index (χ2v) is 7.58. The van der Waals surface area contributed by atoms with Crippen molar-refractivity contribution in [3.63, 3.8) is 0 Å². The average Bonchev–Trinajstić information content (AvgIpc) is 2.99. The fourth-order valence-electron chi connectivity index (χ4n) is 4.51. The molecule has 1 aromatic heterocycles. The van der Waals surface area contributed by atoms with Gasteiger partial charge < -0.3 is 4.98 Å². The molecule has 0 saturated heterocycles. The molecule has 1 nitrogen and oxygen atoms in total. The molecule has 0 aliphatic heterocycles. The van der Waals surface area contributed by atoms with E-state index in [0.717, 1.165) is 0 Å². The number of aromatic nitrogens is 1. The minimum atomic E-state index is 0.310. The molecule has 23 heavy (non-hydrogen) atoms. The summed E-state index contributed by atoms with van der Waals surface area (Å²) in [4.78, 5) is 3.72. The highest BCUT2D eigenvalue weighted by atomic mass is 14.7. The highest BCUT2D eigenvalue weighted by Crippen LogP contribution is 2.41. The van der Waals surface area contributed by atoms with Crippen LogP contribution in [-0.2, 0) is 5.41 Å². The first kappa shape index (κ1) is 14.8. The zero-order valence-corrected chi connectivity index (χ0v) is 14.2. The van der Waals surface area contributed by atoms with Gasteiger partial charge in [0.25, 0.3) is 0 Å². The monoisotopic (exact) mass is 305 g/mol. The van der Waals surface area contributed by atoms with E-state index in [1.807, 2.05) is 0 Å². The van der Waals surface area contributed by atoms with Gasteiger partial charge in [-0.1, -0.05) is 81.8 Å². The van der Waals surface area contributed by atoms with Crippen molar-refractivity contribution in [2.45, 2.75) is 63.7 Å². The third-order valence-electron chi connectivity index (χ3n) is 5.90. The van der Waals surface area contributed by atoms with Crippen molar-refractivity contribution in [3.8, 4) is 0 Å². The zero-order valence-electron chi connectivity index (χ0n) is 14.2. The van der Waals surface area contributed by atoms with Crippen LogP contribution < -0.4 is 0 Å². The summed E-state index contributed by atoms with van der Waals surface area (Å²) in [5.74, 6) is 0. The van der Waals surface area contributed by atoms with Crippen LogP contribution in [0.25, 0.3) is 21.8 Å². The Morgan fingerprint density at radius 2 is 1.39 bits per heavy atom. The molecule has 1 heterocycles. The SMILES string of the molecule is CC1(c2cccc3c2[nH]c2ccccc23)CCCCCCCC1. The molecule has 3 aromatic rings. The minimum Gasteiger partial charge on any atom is -0.354 e. The van der Waals surface area contributed by atoms with Crippen molar-refractivity contribution in [2.75, 3.05) is 0 Å². The number of nitrogens with one attached hydrogen (secondary N) is 1. The van der Waals surface area contributed by atoms with Crippen LogP contribution in [0.5, 0.6) is 0 Å². The van der Waals surface area contributed by atoms with Crippen molar-refractivity contribution in [2.24, 2.45) is 0 Å². The Kier molecular flexibility index (Phi) is 3.88. The quantitative estimate of drug-likeness (QED) is 0.514. The summed E-state index contributed by atoms with van der Waals surface area (Å²) < 4.78 is 0. The average molecular weight is 305 g/mol. The van der Waals surface area contributed by atoms with Crippen molar-refractivity contribution >= 4 is 21.8 Å². The van der Waals surface area contributed by atoms with Gasteiger partial charge in [-0.25, -0.2) is 0 Å². The fraction of sp³-hybridized carbons (Fsp3) is 0.455. The van der Waals surface area contributed by atoms with Crippen molar-refractivity contribution in [3.05, 3.63) is 48.0 Å². The molecule has 1 N–H and O–H groups in total. The van der Waals surface area contributed by atoms with Gasteiger partial charge in [0.05, 0.1) is 5.52 Å². The molecule has 0 radical (unpaired) electrons. The number of hydrogen-bond acceptors (Lipinski definition) is 0. The Labute approximate surface area is 139 Å². The van der Waals surface area contributed by atoms with Crippen molar-refractivity contribution < 1.29 is 0 Å². The summed E-state index contributed by atoms with van der Waals surface area (Å²) in [6.07, 6.45) is 11.0. The van der Waals surface area contributed by atoms with Gasteiger partial charge in [-0.05, 0) is 29.9 Å². The number of benzene rings is 2. The first-order valence-corrected chi connectivity index (χ1v) is 9.28. The first-order chi connectivity index (χ1) is 11.3. The zero-order chi connectivity index (χ0) is 15.7. The van der Waals surface area contributed by atoms with Crippen LogP contribution in [0.3, 0.4) is 0 Å². The predicted molar refractivity (Wildman–Crippen MR) is 100 cm³/mol. The number of rotatable bonds is 1. The lowest BCUT2D eigenvalue weighted by molar-refractivity contribution is 0.383. The smallest absolute Gasteiger partial charge is 0.0503 e. The summed E-state index contributed by atoms with van der Waals surface area (Å²) >= 11 is 0. The van der Waals surface area contributed by atoms with E-state index in [9.17, 15) is 0 Å². The Hall–Kier alpha value is -1.76. The van der Waals surface area contributed by atoms with Crippen LogP contribution in [0.2, 0.25) is 0 Å². The van der Waals surface area contributed by atoms with E-state index in [4.69, 9.17) is 0 Å². The number of hydrogen-bond donors (Lipinski definition) is 1. The second kappa shape index (κ2) is 6.03. The van der Waals surface area contributed by atoms with Gasteiger partial charge in [-0.2, -0.15) is 0 Å². The number of para-hydroxylation sites is 2. The summed E-state index contributed by atoms with van der Waals surface area (Å²) in [5.41, 5.74) is 4.48. The molecule has 2 aromatic carbocycles. The molecule has 0 spiro atoms. The third kappa shape index (κ3) is 2.67. The van der Waals surface area contributed by atoms with E-state index in [-0.39, 0.29) is 0 Å². The van der Waals surface area contributed by atoms with Crippen LogP contribution in [0.15, 0.2) is 42.5 Å². The van der Waals surface area contributed by atoms with E-state index >= 15 is 0 Å². The molecular formula is C22H27N. The van der Waals surface area contributed by atoms with E-state index in [2.05, 4.69) is 54.4 Å². The maximum Gasteiger partial charge on any atom is 0.0503 e. The highest BCUT2D eigenvalue weighted by molar-refractivity contribution is 6.08. The first-order valence-electron chi connectivity index (χ1n) is 9.28. The van der Waals surface area contributed by atoms with Gasteiger partial charge in [0.1, 0.15) is 0 Å². The van der Waals surface area contributed by atoms with Gasteiger partial charge in [0, 0.05) is 16.3 Å². The van der Waals surface area contributed by atoms with Gasteiger partial charge in [-0.3, -0.25) is 0 Å². The van der Waals surface area contributed by atoms with Gasteiger partial charge in [0.2, 0.25) is 0 Å². The second-order valence-electron chi connectivity index (χ2n) is 7.58. The topological polar surface area (TPSA) is 15.8 Å². The largest absolute Gasteiger partial charge is 0.354 e. The number of aromatic amines is 1. The molecule has 1 fully saturated rings. The molecule has 0 amide bonds. The minimum absolute atomic E-state index is 0.310. The van der Waals surface area contributed by atoms with Crippen LogP contribution >= 0.6 is 0 Å². The Balaban J connectivity index is 1.86. The Morgan fingerprint density at radius 3 is 2.17 bits per heavy atom. The molecule has 0 unspecified atom stereocenters. The Bertz CT molecular complexity index is 801. The lowest BCUT2D eigenvalue weighted by Gasteiger charge is -2.30. The van der Waals surface area contributed by atoms with Crippen molar-refractivity contribution in [1.82, 2.24) is 4.98 Å². The molecule has 1 aliphatic carbocycles. The molecule has 1 saturated carbocycles. The lowest BCUT2D eigenvalue weighted by atomic mass is 9.74. The van der Waals surface area contributed by atoms with E-state index in [1.165, 1.54) is 78.7 Å². The summed E-state index contributed by atoms with van der Waals surface area (Å²) in [5, 5.41) is 2.75. The van der Waals surface area contributed by atoms with Crippen LogP contribution in [0, 0.1) is 0 Å². The van der Waals surface area contributed by atoms with E-state index in [0.29, 0.717) is 5.41 Å². The normalized spacial score (nSPS) is 19.3. The lowest BCUT2D eigenvalue weighted by Crippen LogP contribution is -2.22. The van der Waals surface area contributed by atoms with Crippen molar-refractivity contribution in [1.29, 1.82) is 0 Å². The molecular weight excluding hydrogens is 278 g/mol. The number of fused-ring (bicyclic) bond motifs is 3. The standard InChI is InChI=1S/C22H27N/c1-22(15-8-4-2-3-5-9-16-22)19-13-10-12-18-17-11-6-7-14-20(17)23-21(18)19/h6-7,10-14,23H,2-5,8-9,15-16H2,1H3. The van der Waals surface area contributed by atoms with Crippen LogP contribution in [0.1, 0.15) is 63.9 Å². The molecule has 4 rings (SSSR count). The molecule has 0 atom stereocenters. The maximum absolute atomic E-state index is 3.72. The third-order valence-corrected chi connectivity index (χ3v) is 5.90. The molecule has 1 heteroatoms. The van der Waals surface area contributed by atoms with E-state index in [1.54, 1.807) is 0 Å². The number of H-pyrrole nitrogens is 1. The molecule has 120 valence electrons. The molecule has 0 bridgehead atoms. The van der Waals surface area contributed by atoms with Gasteiger partial charge in [0.15, 0.2) is 0 Å². The molecule has 1 aliphatic rings. The van der Waals surface area contributed by atoms with Crippen LogP contribution in [0.4, 0.5) is 0 Å². The van der Waals surface area contributed by atoms with Crippen LogP contribution in [-0.4, -0.2) is 4.98 Å². The maximum atomic E-state index is 3.72. The highest BCUT2D eigenvalue weighted by Gasteiger charge is 2.29. The Morgan fingerprint density at radius 1 is 0.739 bits per heavy atom. The summed E-state index contributed by atoms with van der Waals surface area (Å²) in [6, 6.07) is 15.6. The van der Waals surface area contributed by atoms with Gasteiger partial charge in [-0.15, -0.1) is 0 Å². The predicted octanol–water partition coefficient (Wildman–Crippen LogP) is 6.71. The van der Waals surface area contributed by atoms with Gasteiger partial charge >= 0.3 is 0 Å². The van der Waals surface area contributed by atoms with E-state index < -0.39 is 0 Å². The summed E-state index contributed by atoms with van der Waals surface area (Å²) in [6.45, 7) is 2.50. The fourth-order valence-corrected chi connectivity index (χ4v) is 4.51.